The number of carbonyl (C=O) groups is 2. The molecule has 0 spiro atoms. The van der Waals surface area contributed by atoms with Gasteiger partial charge in [-0.05, 0) is 39.0 Å². The Morgan fingerprint density at radius 2 is 2.00 bits per heavy atom. The van der Waals surface area contributed by atoms with E-state index < -0.39 is 11.7 Å². The first-order valence-corrected chi connectivity index (χ1v) is 7.52. The van der Waals surface area contributed by atoms with Crippen LogP contribution in [0.1, 0.15) is 36.8 Å². The molecule has 3 heterocycles. The molecule has 2 aromatic rings. The molecule has 0 aliphatic carbocycles. The van der Waals surface area contributed by atoms with Crippen molar-refractivity contribution in [3.8, 4) is 11.3 Å². The maximum Gasteiger partial charge on any atom is 0.417 e. The summed E-state index contributed by atoms with van der Waals surface area (Å²) >= 11 is 0. The Bertz CT molecular complexity index is 744. The maximum atomic E-state index is 12.6. The van der Waals surface area contributed by atoms with Crippen molar-refractivity contribution >= 4 is 12.0 Å². The Morgan fingerprint density at radius 3 is 2.65 bits per heavy atom. The molecule has 1 N–H and O–H groups in total. The van der Waals surface area contributed by atoms with Gasteiger partial charge in [0, 0.05) is 42.3 Å². The van der Waals surface area contributed by atoms with E-state index in [2.05, 4.69) is 9.97 Å². The number of aromatic amines is 1. The van der Waals surface area contributed by atoms with Crippen molar-refractivity contribution in [2.75, 3.05) is 6.54 Å². The molecule has 2 aromatic heterocycles. The molecular weight excluding hydrogens is 294 g/mol. The number of hydrogen-bond donors (Lipinski definition) is 1. The van der Waals surface area contributed by atoms with Crippen LogP contribution < -0.4 is 0 Å². The third-order valence-corrected chi connectivity index (χ3v) is 3.57. The average Bonchev–Trinajstić information content (AvgIpc) is 2.91. The number of hydrogen-bond acceptors (Lipinski definition) is 4. The van der Waals surface area contributed by atoms with Crippen LogP contribution in [0, 0.1) is 0 Å². The first kappa shape index (κ1) is 15.3. The molecule has 0 unspecified atom stereocenters. The molecular formula is C17H19N3O3. The minimum absolute atomic E-state index is 0.317. The molecule has 120 valence electrons. The summed E-state index contributed by atoms with van der Waals surface area (Å²) in [5.74, 6) is -0.322. The third-order valence-electron chi connectivity index (χ3n) is 3.57. The average molecular weight is 313 g/mol. The molecule has 0 aromatic carbocycles. The van der Waals surface area contributed by atoms with Gasteiger partial charge in [0.05, 0.1) is 5.56 Å². The fraction of sp³-hybridized carbons (Fsp3) is 0.353. The van der Waals surface area contributed by atoms with Crippen LogP contribution in [0.15, 0.2) is 30.6 Å². The summed E-state index contributed by atoms with van der Waals surface area (Å²) in [6.07, 6.45) is 3.39. The highest BCUT2D eigenvalue weighted by molar-refractivity contribution is 6.05. The van der Waals surface area contributed by atoms with Crippen molar-refractivity contribution in [1.82, 2.24) is 14.9 Å². The highest BCUT2D eigenvalue weighted by Crippen LogP contribution is 2.26. The van der Waals surface area contributed by atoms with E-state index >= 15 is 0 Å². The third kappa shape index (κ3) is 3.11. The van der Waals surface area contributed by atoms with Crippen LogP contribution in [-0.4, -0.2) is 39.0 Å². The second kappa shape index (κ2) is 5.53. The summed E-state index contributed by atoms with van der Waals surface area (Å²) in [6.45, 7) is 5.66. The quantitative estimate of drug-likeness (QED) is 0.878. The van der Waals surface area contributed by atoms with Gasteiger partial charge in [-0.15, -0.1) is 0 Å². The summed E-state index contributed by atoms with van der Waals surface area (Å²) in [7, 11) is 0. The number of ether oxygens (including phenoxy) is 1. The predicted octanol–water partition coefficient (Wildman–Crippen LogP) is 3.01. The molecule has 0 radical (unpaired) electrons. The van der Waals surface area contributed by atoms with E-state index in [1.807, 2.05) is 12.1 Å². The fourth-order valence-corrected chi connectivity index (χ4v) is 2.53. The van der Waals surface area contributed by atoms with Crippen molar-refractivity contribution < 1.29 is 14.3 Å². The fourth-order valence-electron chi connectivity index (χ4n) is 2.53. The van der Waals surface area contributed by atoms with Crippen LogP contribution in [0.2, 0.25) is 0 Å². The van der Waals surface area contributed by atoms with Crippen LogP contribution in [-0.2, 0) is 11.2 Å². The van der Waals surface area contributed by atoms with Gasteiger partial charge < -0.3 is 9.72 Å². The number of fused-ring (bicyclic) bond motifs is 1. The maximum absolute atomic E-state index is 12.6. The number of H-pyrrole nitrogens is 1. The number of nitrogens with zero attached hydrogens (tertiary/aromatic N) is 2. The van der Waals surface area contributed by atoms with Gasteiger partial charge in [0.15, 0.2) is 0 Å². The lowest BCUT2D eigenvalue weighted by Crippen LogP contribution is -2.44. The van der Waals surface area contributed by atoms with E-state index in [1.165, 1.54) is 0 Å². The second-order valence-corrected chi connectivity index (χ2v) is 6.50. The lowest BCUT2D eigenvalue weighted by atomic mass is 10.1. The van der Waals surface area contributed by atoms with Gasteiger partial charge in [-0.3, -0.25) is 9.78 Å². The SMILES string of the molecule is CC(C)(C)OC(=O)N1CCc2[nH]c(-c3ccncc3)cc2C1=O. The largest absolute Gasteiger partial charge is 0.443 e. The number of nitrogens with one attached hydrogen (secondary N) is 1. The Hall–Kier alpha value is -2.63. The number of imide groups is 1. The van der Waals surface area contributed by atoms with Crippen molar-refractivity contribution in [2.45, 2.75) is 32.8 Å². The Kier molecular flexibility index (Phi) is 3.67. The highest BCUT2D eigenvalue weighted by atomic mass is 16.6. The van der Waals surface area contributed by atoms with E-state index in [4.69, 9.17) is 4.74 Å². The Morgan fingerprint density at radius 1 is 1.30 bits per heavy atom. The van der Waals surface area contributed by atoms with Crippen molar-refractivity contribution in [1.29, 1.82) is 0 Å². The van der Waals surface area contributed by atoms with Crippen LogP contribution in [0.5, 0.6) is 0 Å². The lowest BCUT2D eigenvalue weighted by Gasteiger charge is -2.28. The smallest absolute Gasteiger partial charge is 0.417 e. The zero-order valence-electron chi connectivity index (χ0n) is 13.4. The zero-order valence-corrected chi connectivity index (χ0v) is 13.4. The first-order chi connectivity index (χ1) is 10.8. The number of rotatable bonds is 1. The lowest BCUT2D eigenvalue weighted by molar-refractivity contribution is 0.0233. The zero-order chi connectivity index (χ0) is 16.6. The molecule has 1 aliphatic heterocycles. The molecule has 0 fully saturated rings. The molecule has 0 saturated carbocycles. The van der Waals surface area contributed by atoms with Crippen molar-refractivity contribution in [2.24, 2.45) is 0 Å². The summed E-state index contributed by atoms with van der Waals surface area (Å²) in [6, 6.07) is 5.52. The van der Waals surface area contributed by atoms with Crippen LogP contribution in [0.25, 0.3) is 11.3 Å². The monoisotopic (exact) mass is 313 g/mol. The van der Waals surface area contributed by atoms with Gasteiger partial charge in [-0.25, -0.2) is 9.69 Å². The van der Waals surface area contributed by atoms with E-state index in [1.54, 1.807) is 39.2 Å². The normalized spacial score (nSPS) is 14.6. The van der Waals surface area contributed by atoms with Crippen LogP contribution in [0.4, 0.5) is 4.79 Å². The molecule has 3 rings (SSSR count). The van der Waals surface area contributed by atoms with Crippen LogP contribution >= 0.6 is 0 Å². The molecule has 0 atom stereocenters. The molecule has 6 nitrogen and oxygen atoms in total. The predicted molar refractivity (Wildman–Crippen MR) is 85.0 cm³/mol. The van der Waals surface area contributed by atoms with Gasteiger partial charge in [0.2, 0.25) is 0 Å². The van der Waals surface area contributed by atoms with Crippen molar-refractivity contribution in [3.05, 3.63) is 41.9 Å². The molecule has 6 heteroatoms. The molecule has 1 aliphatic rings. The minimum atomic E-state index is -0.627. The minimum Gasteiger partial charge on any atom is -0.443 e. The molecule has 2 amide bonds. The Labute approximate surface area is 134 Å². The number of aromatic nitrogens is 2. The topological polar surface area (TPSA) is 75.3 Å². The summed E-state index contributed by atoms with van der Waals surface area (Å²) in [5.41, 5.74) is 2.54. The first-order valence-electron chi connectivity index (χ1n) is 7.52. The van der Waals surface area contributed by atoms with Gasteiger partial charge >= 0.3 is 6.09 Å². The van der Waals surface area contributed by atoms with Crippen molar-refractivity contribution in [3.63, 3.8) is 0 Å². The van der Waals surface area contributed by atoms with E-state index in [-0.39, 0.29) is 5.91 Å². The highest BCUT2D eigenvalue weighted by Gasteiger charge is 2.33. The summed E-state index contributed by atoms with van der Waals surface area (Å²) in [4.78, 5) is 33.2. The standard InChI is InChI=1S/C17H19N3O3/c1-17(2,3)23-16(22)20-9-6-13-12(15(20)21)10-14(19-13)11-4-7-18-8-5-11/h4-5,7-8,10,19H,6,9H2,1-3H3. The summed E-state index contributed by atoms with van der Waals surface area (Å²) < 4.78 is 5.30. The van der Waals surface area contributed by atoms with Gasteiger partial charge in [0.25, 0.3) is 5.91 Å². The van der Waals surface area contributed by atoms with Gasteiger partial charge in [-0.1, -0.05) is 0 Å². The van der Waals surface area contributed by atoms with E-state index in [0.29, 0.717) is 18.5 Å². The number of amides is 2. The number of pyridine rings is 1. The summed E-state index contributed by atoms with van der Waals surface area (Å²) in [5, 5.41) is 0. The van der Waals surface area contributed by atoms with Gasteiger partial charge in [-0.2, -0.15) is 0 Å². The Balaban J connectivity index is 1.86. The number of carbonyl (C=O) groups excluding carboxylic acids is 2. The van der Waals surface area contributed by atoms with E-state index in [0.717, 1.165) is 21.9 Å². The van der Waals surface area contributed by atoms with E-state index in [9.17, 15) is 9.59 Å². The molecule has 23 heavy (non-hydrogen) atoms. The molecule has 0 bridgehead atoms. The van der Waals surface area contributed by atoms with Gasteiger partial charge in [0.1, 0.15) is 5.60 Å². The molecule has 0 saturated heterocycles. The van der Waals surface area contributed by atoms with Crippen LogP contribution in [0.3, 0.4) is 0 Å². The second-order valence-electron chi connectivity index (χ2n) is 6.50.